The van der Waals surface area contributed by atoms with Crippen molar-refractivity contribution >= 4 is 0 Å². The van der Waals surface area contributed by atoms with E-state index >= 15 is 0 Å². The highest BCUT2D eigenvalue weighted by atomic mass is 16.5. The minimum atomic E-state index is 0.0915. The van der Waals surface area contributed by atoms with Crippen molar-refractivity contribution in [1.29, 1.82) is 0 Å². The first-order valence-corrected chi connectivity index (χ1v) is 6.33. The zero-order chi connectivity index (χ0) is 13.5. The molecule has 0 aliphatic heterocycles. The van der Waals surface area contributed by atoms with Gasteiger partial charge in [-0.1, -0.05) is 30.3 Å². The summed E-state index contributed by atoms with van der Waals surface area (Å²) in [6.45, 7) is 4.17. The van der Waals surface area contributed by atoms with E-state index in [0.29, 0.717) is 13.2 Å². The number of hydrogen-bond acceptors (Lipinski definition) is 5. The molecule has 1 N–H and O–H groups in total. The molecule has 6 heteroatoms. The Morgan fingerprint density at radius 2 is 2.11 bits per heavy atom. The Morgan fingerprint density at radius 3 is 2.84 bits per heavy atom. The SMILES string of the molecule is COCCNC(C)c1nnnn1Cc1ccccc1. The summed E-state index contributed by atoms with van der Waals surface area (Å²) in [4.78, 5) is 0. The number of benzene rings is 1. The van der Waals surface area contributed by atoms with Gasteiger partial charge in [0, 0.05) is 13.7 Å². The van der Waals surface area contributed by atoms with Crippen LogP contribution in [-0.2, 0) is 11.3 Å². The molecule has 0 amide bonds. The lowest BCUT2D eigenvalue weighted by Gasteiger charge is -2.13. The highest BCUT2D eigenvalue weighted by Crippen LogP contribution is 2.09. The zero-order valence-electron chi connectivity index (χ0n) is 11.3. The Bertz CT molecular complexity index is 485. The van der Waals surface area contributed by atoms with Gasteiger partial charge < -0.3 is 10.1 Å². The van der Waals surface area contributed by atoms with Gasteiger partial charge in [-0.05, 0) is 22.9 Å². The van der Waals surface area contributed by atoms with Crippen molar-refractivity contribution in [2.45, 2.75) is 19.5 Å². The molecule has 102 valence electrons. The fourth-order valence-corrected chi connectivity index (χ4v) is 1.86. The van der Waals surface area contributed by atoms with Gasteiger partial charge in [0.25, 0.3) is 0 Å². The van der Waals surface area contributed by atoms with Crippen LogP contribution in [0.25, 0.3) is 0 Å². The average Bonchev–Trinajstić information content (AvgIpc) is 2.88. The number of nitrogens with zero attached hydrogens (tertiary/aromatic N) is 4. The van der Waals surface area contributed by atoms with Crippen molar-refractivity contribution in [2.75, 3.05) is 20.3 Å². The minimum absolute atomic E-state index is 0.0915. The maximum atomic E-state index is 5.01. The molecule has 1 unspecified atom stereocenters. The topological polar surface area (TPSA) is 64.9 Å². The van der Waals surface area contributed by atoms with E-state index in [-0.39, 0.29) is 6.04 Å². The van der Waals surface area contributed by atoms with E-state index in [1.807, 2.05) is 29.8 Å². The molecule has 0 radical (unpaired) electrons. The fraction of sp³-hybridized carbons (Fsp3) is 0.462. The second kappa shape index (κ2) is 6.96. The molecule has 19 heavy (non-hydrogen) atoms. The largest absolute Gasteiger partial charge is 0.383 e. The summed E-state index contributed by atoms with van der Waals surface area (Å²) in [6, 6.07) is 10.2. The Balaban J connectivity index is 2.01. The quantitative estimate of drug-likeness (QED) is 0.754. The van der Waals surface area contributed by atoms with Crippen LogP contribution in [0.15, 0.2) is 30.3 Å². The van der Waals surface area contributed by atoms with Crippen LogP contribution >= 0.6 is 0 Å². The summed E-state index contributed by atoms with van der Waals surface area (Å²) in [5, 5.41) is 15.2. The molecule has 6 nitrogen and oxygen atoms in total. The first-order chi connectivity index (χ1) is 9.31. The predicted octanol–water partition coefficient (Wildman–Crippen LogP) is 1.02. The molecule has 1 aromatic heterocycles. The average molecular weight is 261 g/mol. The fourth-order valence-electron chi connectivity index (χ4n) is 1.86. The molecular weight excluding hydrogens is 242 g/mol. The van der Waals surface area contributed by atoms with Crippen LogP contribution in [0.2, 0.25) is 0 Å². The van der Waals surface area contributed by atoms with Crippen LogP contribution in [0.1, 0.15) is 24.4 Å². The van der Waals surface area contributed by atoms with Crippen molar-refractivity contribution in [3.05, 3.63) is 41.7 Å². The van der Waals surface area contributed by atoms with Crippen LogP contribution in [0.3, 0.4) is 0 Å². The lowest BCUT2D eigenvalue weighted by atomic mass is 10.2. The van der Waals surface area contributed by atoms with E-state index < -0.39 is 0 Å². The minimum Gasteiger partial charge on any atom is -0.383 e. The maximum Gasteiger partial charge on any atom is 0.168 e. The molecule has 0 aliphatic carbocycles. The number of hydrogen-bond donors (Lipinski definition) is 1. The first-order valence-electron chi connectivity index (χ1n) is 6.33. The molecule has 2 rings (SSSR count). The normalized spacial score (nSPS) is 12.5. The van der Waals surface area contributed by atoms with Crippen molar-refractivity contribution < 1.29 is 4.74 Å². The van der Waals surface area contributed by atoms with Crippen LogP contribution in [-0.4, -0.2) is 40.5 Å². The van der Waals surface area contributed by atoms with Crippen LogP contribution in [0.5, 0.6) is 0 Å². The third-order valence-corrected chi connectivity index (χ3v) is 2.88. The summed E-state index contributed by atoms with van der Waals surface area (Å²) in [5.41, 5.74) is 1.18. The van der Waals surface area contributed by atoms with Gasteiger partial charge in [0.1, 0.15) is 0 Å². The molecular formula is C13H19N5O. The van der Waals surface area contributed by atoms with Crippen molar-refractivity contribution in [2.24, 2.45) is 0 Å². The van der Waals surface area contributed by atoms with Gasteiger partial charge in [-0.2, -0.15) is 0 Å². The molecule has 0 fully saturated rings. The van der Waals surface area contributed by atoms with E-state index in [1.54, 1.807) is 7.11 Å². The number of methoxy groups -OCH3 is 1. The second-order valence-electron chi connectivity index (χ2n) is 4.35. The monoisotopic (exact) mass is 261 g/mol. The molecule has 1 atom stereocenters. The second-order valence-corrected chi connectivity index (χ2v) is 4.35. The Kier molecular flexibility index (Phi) is 5.00. The number of tetrazole rings is 1. The molecule has 0 bridgehead atoms. The number of rotatable bonds is 7. The highest BCUT2D eigenvalue weighted by Gasteiger charge is 2.13. The summed E-state index contributed by atoms with van der Waals surface area (Å²) < 4.78 is 6.83. The predicted molar refractivity (Wildman–Crippen MR) is 71.7 cm³/mol. The van der Waals surface area contributed by atoms with Gasteiger partial charge in [-0.3, -0.25) is 0 Å². The van der Waals surface area contributed by atoms with E-state index in [9.17, 15) is 0 Å². The van der Waals surface area contributed by atoms with E-state index in [2.05, 4.69) is 33.0 Å². The summed E-state index contributed by atoms with van der Waals surface area (Å²) in [6.07, 6.45) is 0. The van der Waals surface area contributed by atoms with Gasteiger partial charge in [0.15, 0.2) is 5.82 Å². The van der Waals surface area contributed by atoms with Gasteiger partial charge in [0.05, 0.1) is 19.2 Å². The number of aromatic nitrogens is 4. The first kappa shape index (κ1) is 13.6. The van der Waals surface area contributed by atoms with Gasteiger partial charge in [-0.25, -0.2) is 4.68 Å². The molecule has 0 spiro atoms. The van der Waals surface area contributed by atoms with Crippen LogP contribution < -0.4 is 5.32 Å². The van der Waals surface area contributed by atoms with Gasteiger partial charge in [-0.15, -0.1) is 5.10 Å². The number of nitrogens with one attached hydrogen (secondary N) is 1. The van der Waals surface area contributed by atoms with Crippen molar-refractivity contribution in [3.8, 4) is 0 Å². The third-order valence-electron chi connectivity index (χ3n) is 2.88. The smallest absolute Gasteiger partial charge is 0.168 e. The summed E-state index contributed by atoms with van der Waals surface area (Å²) in [7, 11) is 1.69. The molecule has 0 aliphatic rings. The summed E-state index contributed by atoms with van der Waals surface area (Å²) >= 11 is 0. The van der Waals surface area contributed by atoms with Crippen LogP contribution in [0.4, 0.5) is 0 Å². The number of ether oxygens (including phenoxy) is 1. The lowest BCUT2D eigenvalue weighted by Crippen LogP contribution is -2.26. The Hall–Kier alpha value is -1.79. The van der Waals surface area contributed by atoms with E-state index in [4.69, 9.17) is 4.74 Å². The van der Waals surface area contributed by atoms with E-state index in [1.165, 1.54) is 5.56 Å². The van der Waals surface area contributed by atoms with Crippen molar-refractivity contribution in [3.63, 3.8) is 0 Å². The zero-order valence-corrected chi connectivity index (χ0v) is 11.3. The molecule has 1 aromatic carbocycles. The molecule has 2 aromatic rings. The van der Waals surface area contributed by atoms with Gasteiger partial charge >= 0.3 is 0 Å². The van der Waals surface area contributed by atoms with Gasteiger partial charge in [0.2, 0.25) is 0 Å². The Morgan fingerprint density at radius 1 is 1.32 bits per heavy atom. The standard InChI is InChI=1S/C13H19N5O/c1-11(14-8-9-19-2)13-15-16-17-18(13)10-12-6-4-3-5-7-12/h3-7,11,14H,8-10H2,1-2H3. The molecule has 1 heterocycles. The lowest BCUT2D eigenvalue weighted by molar-refractivity contribution is 0.196. The Labute approximate surface area is 112 Å². The highest BCUT2D eigenvalue weighted by molar-refractivity contribution is 5.15. The van der Waals surface area contributed by atoms with E-state index in [0.717, 1.165) is 12.4 Å². The summed E-state index contributed by atoms with van der Waals surface area (Å²) in [5.74, 6) is 0.833. The molecule has 0 saturated heterocycles. The van der Waals surface area contributed by atoms with Crippen LogP contribution in [0, 0.1) is 0 Å². The maximum absolute atomic E-state index is 5.01. The third kappa shape index (κ3) is 3.84. The van der Waals surface area contributed by atoms with Crippen molar-refractivity contribution in [1.82, 2.24) is 25.5 Å². The molecule has 0 saturated carbocycles.